The summed E-state index contributed by atoms with van der Waals surface area (Å²) >= 11 is 0. The predicted molar refractivity (Wildman–Crippen MR) is 90.5 cm³/mol. The summed E-state index contributed by atoms with van der Waals surface area (Å²) in [5.74, 6) is 3.08. The van der Waals surface area contributed by atoms with Crippen molar-refractivity contribution in [3.05, 3.63) is 12.2 Å². The van der Waals surface area contributed by atoms with Gasteiger partial charge in [0, 0.05) is 6.42 Å². The molecule has 0 aromatic heterocycles. The third-order valence-electron chi connectivity index (χ3n) is 6.69. The zero-order valence-corrected chi connectivity index (χ0v) is 15.2. The number of hydrogen-bond donors (Lipinski definition) is 1. The van der Waals surface area contributed by atoms with Crippen molar-refractivity contribution >= 4 is 0 Å². The van der Waals surface area contributed by atoms with Gasteiger partial charge < -0.3 is 9.84 Å². The van der Waals surface area contributed by atoms with Crippen LogP contribution in [0.5, 0.6) is 0 Å². The number of hydrogen-bond acceptors (Lipinski definition) is 2. The van der Waals surface area contributed by atoms with Gasteiger partial charge in [0.1, 0.15) is 0 Å². The zero-order chi connectivity index (χ0) is 16.3. The normalized spacial score (nSPS) is 40.9. The van der Waals surface area contributed by atoms with Crippen LogP contribution in [0.3, 0.4) is 0 Å². The number of aliphatic hydroxyl groups excluding tert-OH is 1. The lowest BCUT2D eigenvalue weighted by Crippen LogP contribution is -2.34. The lowest BCUT2D eigenvalue weighted by molar-refractivity contribution is -0.0842. The van der Waals surface area contributed by atoms with Gasteiger partial charge in [-0.1, -0.05) is 53.7 Å². The van der Waals surface area contributed by atoms with Gasteiger partial charge in [0.25, 0.3) is 0 Å². The SMILES string of the molecule is CC(C)[C@H](C[C@H](O)C(C)C)O[C@]12CC=C[C@H]3[C@@H]([C@H]1C2)C3(C)C. The van der Waals surface area contributed by atoms with Crippen LogP contribution in [0.1, 0.15) is 60.8 Å². The molecular weight excluding hydrogens is 272 g/mol. The highest BCUT2D eigenvalue weighted by Gasteiger charge is 2.72. The lowest BCUT2D eigenvalue weighted by Gasteiger charge is -2.31. The van der Waals surface area contributed by atoms with Crippen molar-refractivity contribution in [2.45, 2.75) is 78.6 Å². The number of allylic oxidation sites excluding steroid dienone is 1. The largest absolute Gasteiger partial charge is 0.393 e. The molecule has 1 N–H and O–H groups in total. The molecule has 3 aliphatic carbocycles. The third-order valence-corrected chi connectivity index (χ3v) is 6.69. The highest BCUT2D eigenvalue weighted by atomic mass is 16.5. The van der Waals surface area contributed by atoms with Crippen molar-refractivity contribution in [3.8, 4) is 0 Å². The summed E-state index contributed by atoms with van der Waals surface area (Å²) in [6.45, 7) is 13.4. The molecule has 0 unspecified atom stereocenters. The Balaban J connectivity index is 1.68. The maximum atomic E-state index is 10.3. The fraction of sp³-hybridized carbons (Fsp3) is 0.900. The molecule has 0 radical (unpaired) electrons. The average Bonchev–Trinajstić information content (AvgIpc) is 3.22. The molecule has 2 heteroatoms. The second-order valence-corrected chi connectivity index (χ2v) is 9.33. The first-order valence-corrected chi connectivity index (χ1v) is 9.21. The van der Waals surface area contributed by atoms with E-state index >= 15 is 0 Å². The molecule has 126 valence electrons. The van der Waals surface area contributed by atoms with Crippen LogP contribution in [0.2, 0.25) is 0 Å². The van der Waals surface area contributed by atoms with E-state index < -0.39 is 0 Å². The summed E-state index contributed by atoms with van der Waals surface area (Å²) in [7, 11) is 0. The van der Waals surface area contributed by atoms with Crippen LogP contribution in [-0.2, 0) is 4.74 Å². The number of ether oxygens (including phenoxy) is 1. The number of rotatable bonds is 6. The molecule has 3 rings (SSSR count). The molecule has 0 spiro atoms. The zero-order valence-electron chi connectivity index (χ0n) is 15.2. The Kier molecular flexibility index (Phi) is 4.01. The maximum absolute atomic E-state index is 10.3. The molecule has 2 nitrogen and oxygen atoms in total. The van der Waals surface area contributed by atoms with Crippen molar-refractivity contribution in [2.75, 3.05) is 0 Å². The van der Waals surface area contributed by atoms with Gasteiger partial charge >= 0.3 is 0 Å². The van der Waals surface area contributed by atoms with Crippen molar-refractivity contribution in [1.82, 2.24) is 0 Å². The quantitative estimate of drug-likeness (QED) is 0.736. The summed E-state index contributed by atoms with van der Waals surface area (Å²) in [6.07, 6.45) is 7.79. The molecule has 0 aromatic carbocycles. The summed E-state index contributed by atoms with van der Waals surface area (Å²) in [6, 6.07) is 0. The molecule has 0 saturated heterocycles. The van der Waals surface area contributed by atoms with Crippen LogP contribution in [-0.4, -0.2) is 22.9 Å². The lowest BCUT2D eigenvalue weighted by atomic mass is 9.94. The fourth-order valence-electron chi connectivity index (χ4n) is 4.72. The van der Waals surface area contributed by atoms with E-state index in [9.17, 15) is 5.11 Å². The van der Waals surface area contributed by atoms with Crippen molar-refractivity contribution in [3.63, 3.8) is 0 Å². The maximum Gasteiger partial charge on any atom is 0.0756 e. The van der Waals surface area contributed by atoms with E-state index in [1.165, 1.54) is 6.42 Å². The Morgan fingerprint density at radius 1 is 1.18 bits per heavy atom. The molecule has 0 aromatic rings. The van der Waals surface area contributed by atoms with Crippen LogP contribution < -0.4 is 0 Å². The van der Waals surface area contributed by atoms with Crippen LogP contribution in [0, 0.1) is 35.0 Å². The number of fused-ring (bicyclic) bond motifs is 3. The molecule has 3 aliphatic rings. The third kappa shape index (κ3) is 2.67. The molecule has 0 amide bonds. The van der Waals surface area contributed by atoms with Crippen LogP contribution in [0.25, 0.3) is 0 Å². The second kappa shape index (κ2) is 5.34. The van der Waals surface area contributed by atoms with Gasteiger partial charge in [0.15, 0.2) is 0 Å². The molecule has 6 atom stereocenters. The Bertz CT molecular complexity index is 451. The smallest absolute Gasteiger partial charge is 0.0756 e. The van der Waals surface area contributed by atoms with E-state index in [2.05, 4.69) is 53.7 Å². The minimum Gasteiger partial charge on any atom is -0.393 e. The highest BCUT2D eigenvalue weighted by molar-refractivity contribution is 5.28. The van der Waals surface area contributed by atoms with Crippen molar-refractivity contribution < 1.29 is 9.84 Å². The second-order valence-electron chi connectivity index (χ2n) is 9.33. The molecule has 0 heterocycles. The molecule has 2 saturated carbocycles. The van der Waals surface area contributed by atoms with E-state index in [-0.39, 0.29) is 17.8 Å². The summed E-state index contributed by atoms with van der Waals surface area (Å²) in [5, 5.41) is 10.3. The first-order valence-electron chi connectivity index (χ1n) is 9.21. The van der Waals surface area contributed by atoms with Gasteiger partial charge in [0.05, 0.1) is 17.8 Å². The number of aliphatic hydroxyl groups is 1. The minimum atomic E-state index is -0.257. The minimum absolute atomic E-state index is 0.0787. The monoisotopic (exact) mass is 306 g/mol. The van der Waals surface area contributed by atoms with Gasteiger partial charge in [-0.15, -0.1) is 0 Å². The van der Waals surface area contributed by atoms with E-state index in [1.54, 1.807) is 0 Å². The van der Waals surface area contributed by atoms with Crippen LogP contribution >= 0.6 is 0 Å². The first kappa shape index (κ1) is 16.5. The summed E-state index contributed by atoms with van der Waals surface area (Å²) in [5.41, 5.74) is 0.548. The predicted octanol–water partition coefficient (Wildman–Crippen LogP) is 4.43. The van der Waals surface area contributed by atoms with Gasteiger partial charge in [-0.25, -0.2) is 0 Å². The van der Waals surface area contributed by atoms with Crippen LogP contribution in [0.15, 0.2) is 12.2 Å². The van der Waals surface area contributed by atoms with Gasteiger partial charge in [-0.05, 0) is 47.8 Å². The molecular formula is C20H34O2. The Morgan fingerprint density at radius 3 is 2.45 bits per heavy atom. The van der Waals surface area contributed by atoms with E-state index in [0.717, 1.165) is 30.6 Å². The molecule has 2 fully saturated rings. The van der Waals surface area contributed by atoms with Crippen LogP contribution in [0.4, 0.5) is 0 Å². The molecule has 0 bridgehead atoms. The Labute approximate surface area is 136 Å². The topological polar surface area (TPSA) is 29.5 Å². The fourth-order valence-corrected chi connectivity index (χ4v) is 4.72. The highest BCUT2D eigenvalue weighted by Crippen LogP contribution is 2.73. The van der Waals surface area contributed by atoms with Gasteiger partial charge in [-0.3, -0.25) is 0 Å². The van der Waals surface area contributed by atoms with Gasteiger partial charge in [-0.2, -0.15) is 0 Å². The van der Waals surface area contributed by atoms with Gasteiger partial charge in [0.2, 0.25) is 0 Å². The van der Waals surface area contributed by atoms with E-state index in [0.29, 0.717) is 17.3 Å². The van der Waals surface area contributed by atoms with E-state index in [4.69, 9.17) is 4.74 Å². The average molecular weight is 306 g/mol. The van der Waals surface area contributed by atoms with Crippen molar-refractivity contribution in [2.24, 2.45) is 35.0 Å². The van der Waals surface area contributed by atoms with E-state index in [1.807, 2.05) is 0 Å². The summed E-state index contributed by atoms with van der Waals surface area (Å²) in [4.78, 5) is 0. The Hall–Kier alpha value is -0.340. The Morgan fingerprint density at radius 2 is 1.86 bits per heavy atom. The molecule has 0 aliphatic heterocycles. The summed E-state index contributed by atoms with van der Waals surface area (Å²) < 4.78 is 6.69. The standard InChI is InChI=1S/C20H34O2/c1-12(2)16(21)10-17(13(3)4)22-20-9-7-8-14-18(15(20)11-20)19(14,5)6/h7-8,12-18,21H,9-11H2,1-6H3/t14-,15+,16-,17-,18-,20-/m0/s1. The first-order chi connectivity index (χ1) is 10.2. The molecule has 22 heavy (non-hydrogen) atoms. The van der Waals surface area contributed by atoms with Crippen molar-refractivity contribution in [1.29, 1.82) is 0 Å².